The number of hydrogen-bond acceptors (Lipinski definition) is 2. The first kappa shape index (κ1) is 11.5. The van der Waals surface area contributed by atoms with Gasteiger partial charge >= 0.3 is 5.97 Å². The normalized spacial score (nSPS) is 39.9. The molecule has 0 saturated heterocycles. The average molecular weight is 297 g/mol. The van der Waals surface area contributed by atoms with E-state index in [9.17, 15) is 4.79 Å². The number of ether oxygens (including phenoxy) is 1. The smallest absolute Gasteiger partial charge is 0.324 e. The highest BCUT2D eigenvalue weighted by atomic mass is 79.9. The van der Waals surface area contributed by atoms with Gasteiger partial charge in [0.25, 0.3) is 0 Å². The SMILES string of the molecule is COC(=O)[C@]1(Br)[C@H]2C=C[C@H](C2=C(C)C)C12CC2. The Morgan fingerprint density at radius 1 is 1.35 bits per heavy atom. The van der Waals surface area contributed by atoms with E-state index in [0.29, 0.717) is 5.92 Å². The number of carbonyl (C=O) groups excluding carboxylic acids is 1. The highest BCUT2D eigenvalue weighted by Crippen LogP contribution is 2.76. The molecule has 0 N–H and O–H groups in total. The molecule has 92 valence electrons. The van der Waals surface area contributed by atoms with Crippen LogP contribution in [0, 0.1) is 17.3 Å². The molecule has 3 aliphatic carbocycles. The van der Waals surface area contributed by atoms with Crippen molar-refractivity contribution < 1.29 is 9.53 Å². The molecule has 3 rings (SSSR count). The van der Waals surface area contributed by atoms with Gasteiger partial charge in [0, 0.05) is 17.3 Å². The quantitative estimate of drug-likeness (QED) is 0.422. The molecule has 2 bridgehead atoms. The summed E-state index contributed by atoms with van der Waals surface area (Å²) in [4.78, 5) is 12.2. The molecule has 0 amide bonds. The molecule has 3 atom stereocenters. The number of methoxy groups -OCH3 is 1. The molecule has 0 aromatic heterocycles. The summed E-state index contributed by atoms with van der Waals surface area (Å²) in [6, 6.07) is 0. The zero-order chi connectivity index (χ0) is 12.4. The summed E-state index contributed by atoms with van der Waals surface area (Å²) < 4.78 is 4.54. The minimum atomic E-state index is -0.513. The van der Waals surface area contributed by atoms with E-state index in [-0.39, 0.29) is 17.3 Å². The van der Waals surface area contributed by atoms with Crippen molar-refractivity contribution in [3.63, 3.8) is 0 Å². The number of halogens is 1. The predicted molar refractivity (Wildman–Crippen MR) is 69.8 cm³/mol. The predicted octanol–water partition coefficient (Wildman–Crippen LogP) is 3.23. The summed E-state index contributed by atoms with van der Waals surface area (Å²) in [7, 11) is 1.49. The van der Waals surface area contributed by atoms with Gasteiger partial charge in [0.15, 0.2) is 0 Å². The van der Waals surface area contributed by atoms with Crippen LogP contribution in [0.3, 0.4) is 0 Å². The molecule has 3 aliphatic rings. The fraction of sp³-hybridized carbons (Fsp3) is 0.643. The first-order valence-electron chi connectivity index (χ1n) is 6.12. The Balaban J connectivity index is 2.17. The Kier molecular flexibility index (Phi) is 2.20. The number of esters is 1. The summed E-state index contributed by atoms with van der Waals surface area (Å²) >= 11 is 3.76. The fourth-order valence-corrected chi connectivity index (χ4v) is 5.10. The van der Waals surface area contributed by atoms with E-state index >= 15 is 0 Å². The zero-order valence-electron chi connectivity index (χ0n) is 10.4. The lowest BCUT2D eigenvalue weighted by atomic mass is 9.79. The molecule has 0 unspecified atom stereocenters. The van der Waals surface area contributed by atoms with Gasteiger partial charge in [-0.1, -0.05) is 39.2 Å². The molecule has 0 radical (unpaired) electrons. The standard InChI is InChI=1S/C14H17BrO2/c1-8(2)11-9-4-5-10(11)14(15,12(16)17-3)13(9)6-7-13/h4-5,9-10H,6-7H2,1-3H3/t9-,10+,14-/m1/s1. The first-order valence-corrected chi connectivity index (χ1v) is 6.91. The average Bonchev–Trinajstić information content (AvgIpc) is 2.92. The van der Waals surface area contributed by atoms with E-state index in [1.54, 1.807) is 0 Å². The van der Waals surface area contributed by atoms with Crippen molar-refractivity contribution in [2.24, 2.45) is 17.3 Å². The van der Waals surface area contributed by atoms with Gasteiger partial charge in [0.1, 0.15) is 4.32 Å². The van der Waals surface area contributed by atoms with Gasteiger partial charge in [0.05, 0.1) is 7.11 Å². The Hall–Kier alpha value is -0.570. The van der Waals surface area contributed by atoms with E-state index in [0.717, 1.165) is 12.8 Å². The van der Waals surface area contributed by atoms with Crippen molar-refractivity contribution in [2.75, 3.05) is 7.11 Å². The van der Waals surface area contributed by atoms with Crippen LogP contribution >= 0.6 is 15.9 Å². The van der Waals surface area contributed by atoms with Crippen LogP contribution in [0.4, 0.5) is 0 Å². The second-order valence-corrected chi connectivity index (χ2v) is 6.91. The van der Waals surface area contributed by atoms with Crippen molar-refractivity contribution in [1.29, 1.82) is 0 Å². The van der Waals surface area contributed by atoms with Crippen molar-refractivity contribution in [1.82, 2.24) is 0 Å². The second-order valence-electron chi connectivity index (χ2n) is 5.66. The van der Waals surface area contributed by atoms with Crippen LogP contribution in [0.25, 0.3) is 0 Å². The van der Waals surface area contributed by atoms with Crippen LogP contribution in [-0.4, -0.2) is 17.4 Å². The van der Waals surface area contributed by atoms with Gasteiger partial charge < -0.3 is 4.74 Å². The van der Waals surface area contributed by atoms with E-state index < -0.39 is 4.32 Å². The number of rotatable bonds is 1. The summed E-state index contributed by atoms with van der Waals surface area (Å²) in [5.74, 6) is 0.522. The maximum atomic E-state index is 12.2. The third kappa shape index (κ3) is 1.09. The Morgan fingerprint density at radius 3 is 2.41 bits per heavy atom. The molecular weight excluding hydrogens is 280 g/mol. The monoisotopic (exact) mass is 296 g/mol. The number of carbonyl (C=O) groups is 1. The highest BCUT2D eigenvalue weighted by molar-refractivity contribution is 9.10. The van der Waals surface area contributed by atoms with Crippen molar-refractivity contribution in [2.45, 2.75) is 31.0 Å². The lowest BCUT2D eigenvalue weighted by Crippen LogP contribution is -2.45. The molecule has 0 aromatic rings. The van der Waals surface area contributed by atoms with Crippen LogP contribution in [0.5, 0.6) is 0 Å². The lowest BCUT2D eigenvalue weighted by molar-refractivity contribution is -0.145. The summed E-state index contributed by atoms with van der Waals surface area (Å²) in [6.07, 6.45) is 6.72. The van der Waals surface area contributed by atoms with E-state index in [4.69, 9.17) is 4.74 Å². The fourth-order valence-electron chi connectivity index (χ4n) is 3.90. The minimum absolute atomic E-state index is 0.0894. The minimum Gasteiger partial charge on any atom is -0.468 e. The zero-order valence-corrected chi connectivity index (χ0v) is 12.0. The molecule has 2 nitrogen and oxygen atoms in total. The van der Waals surface area contributed by atoms with E-state index in [1.165, 1.54) is 18.3 Å². The first-order chi connectivity index (χ1) is 7.99. The van der Waals surface area contributed by atoms with Gasteiger partial charge in [-0.2, -0.15) is 0 Å². The van der Waals surface area contributed by atoms with Gasteiger partial charge in [-0.3, -0.25) is 4.79 Å². The number of fused-ring (bicyclic) bond motifs is 3. The van der Waals surface area contributed by atoms with Gasteiger partial charge in [-0.05, 0) is 26.7 Å². The highest BCUT2D eigenvalue weighted by Gasteiger charge is 2.76. The van der Waals surface area contributed by atoms with Crippen molar-refractivity contribution >= 4 is 21.9 Å². The van der Waals surface area contributed by atoms with Crippen LogP contribution < -0.4 is 0 Å². The molecule has 2 saturated carbocycles. The van der Waals surface area contributed by atoms with Gasteiger partial charge in [-0.15, -0.1) is 0 Å². The van der Waals surface area contributed by atoms with Crippen LogP contribution in [0.15, 0.2) is 23.3 Å². The molecule has 0 aliphatic heterocycles. The molecule has 0 heterocycles. The lowest BCUT2D eigenvalue weighted by Gasteiger charge is -2.34. The Morgan fingerprint density at radius 2 is 1.94 bits per heavy atom. The number of alkyl halides is 1. The van der Waals surface area contributed by atoms with Crippen molar-refractivity contribution in [3.8, 4) is 0 Å². The third-order valence-electron chi connectivity index (χ3n) is 4.76. The third-order valence-corrected chi connectivity index (χ3v) is 6.37. The second kappa shape index (κ2) is 3.25. The van der Waals surface area contributed by atoms with E-state index in [2.05, 4.69) is 41.9 Å². The van der Waals surface area contributed by atoms with Crippen LogP contribution in [-0.2, 0) is 9.53 Å². The van der Waals surface area contributed by atoms with Crippen LogP contribution in [0.1, 0.15) is 26.7 Å². The van der Waals surface area contributed by atoms with E-state index in [1.807, 2.05) is 0 Å². The summed E-state index contributed by atoms with van der Waals surface area (Å²) in [5, 5.41) is 0. The molecule has 0 aromatic carbocycles. The van der Waals surface area contributed by atoms with Gasteiger partial charge in [-0.25, -0.2) is 0 Å². The Labute approximate surface area is 110 Å². The van der Waals surface area contributed by atoms with Crippen molar-refractivity contribution in [3.05, 3.63) is 23.3 Å². The molecular formula is C14H17BrO2. The molecule has 1 spiro atoms. The topological polar surface area (TPSA) is 26.3 Å². The molecule has 17 heavy (non-hydrogen) atoms. The summed E-state index contributed by atoms with van der Waals surface area (Å²) in [6.45, 7) is 4.29. The number of hydrogen-bond donors (Lipinski definition) is 0. The van der Waals surface area contributed by atoms with Gasteiger partial charge in [0.2, 0.25) is 0 Å². The maximum Gasteiger partial charge on any atom is 0.324 e. The summed E-state index contributed by atoms with van der Waals surface area (Å²) in [5.41, 5.74) is 2.87. The maximum absolute atomic E-state index is 12.2. The number of allylic oxidation sites excluding steroid dienone is 4. The molecule has 2 fully saturated rings. The van der Waals surface area contributed by atoms with Crippen LogP contribution in [0.2, 0.25) is 0 Å². The molecule has 3 heteroatoms. The largest absolute Gasteiger partial charge is 0.468 e. The Bertz CT molecular complexity index is 455.